The molecule has 18 heavy (non-hydrogen) atoms. The maximum atomic E-state index is 12.1. The van der Waals surface area contributed by atoms with Crippen LogP contribution >= 0.6 is 0 Å². The molecule has 0 spiro atoms. The van der Waals surface area contributed by atoms with Gasteiger partial charge in [0.15, 0.2) is 11.4 Å². The third-order valence-corrected chi connectivity index (χ3v) is 2.56. The summed E-state index contributed by atoms with van der Waals surface area (Å²) in [7, 11) is 0. The maximum Gasteiger partial charge on any atom is 0.354 e. The average Bonchev–Trinajstić information content (AvgIpc) is 2.83. The molecular weight excluding hydrogens is 238 g/mol. The van der Waals surface area contributed by atoms with Crippen LogP contribution < -0.4 is 0 Å². The van der Waals surface area contributed by atoms with Gasteiger partial charge in [0, 0.05) is 19.7 Å². The summed E-state index contributed by atoms with van der Waals surface area (Å²) in [4.78, 5) is 30.7. The number of aromatic carboxylic acids is 1. The lowest BCUT2D eigenvalue weighted by molar-refractivity contribution is 0.0669. The number of carbonyl (C=O) groups is 2. The fourth-order valence-corrected chi connectivity index (χ4v) is 1.59. The van der Waals surface area contributed by atoms with Crippen molar-refractivity contribution in [2.24, 2.45) is 0 Å². The minimum absolute atomic E-state index is 0.0756. The Bertz CT molecular complexity index is 416. The van der Waals surface area contributed by atoms with Crippen molar-refractivity contribution >= 4 is 11.9 Å². The molecule has 1 heterocycles. The van der Waals surface area contributed by atoms with Crippen LogP contribution in [0.2, 0.25) is 0 Å². The molecule has 0 fully saturated rings. The second-order valence-electron chi connectivity index (χ2n) is 3.75. The van der Waals surface area contributed by atoms with Crippen molar-refractivity contribution in [2.75, 3.05) is 19.7 Å². The van der Waals surface area contributed by atoms with E-state index in [0.717, 1.165) is 0 Å². The van der Waals surface area contributed by atoms with Crippen molar-refractivity contribution in [1.29, 1.82) is 0 Å². The van der Waals surface area contributed by atoms with Gasteiger partial charge >= 0.3 is 5.97 Å². The number of amides is 1. The van der Waals surface area contributed by atoms with E-state index in [-0.39, 0.29) is 18.0 Å². The van der Waals surface area contributed by atoms with E-state index in [4.69, 9.17) is 10.2 Å². The molecule has 7 heteroatoms. The van der Waals surface area contributed by atoms with E-state index in [2.05, 4.69) is 9.97 Å². The quantitative estimate of drug-likeness (QED) is 0.609. The molecular formula is C11H17N3O4. The van der Waals surface area contributed by atoms with E-state index < -0.39 is 11.9 Å². The van der Waals surface area contributed by atoms with Crippen molar-refractivity contribution in [2.45, 2.75) is 19.8 Å². The molecule has 3 N–H and O–H groups in total. The highest BCUT2D eigenvalue weighted by Gasteiger charge is 2.23. The summed E-state index contributed by atoms with van der Waals surface area (Å²) < 4.78 is 0. The second-order valence-corrected chi connectivity index (χ2v) is 3.75. The van der Waals surface area contributed by atoms with E-state index in [9.17, 15) is 9.59 Å². The first-order valence-electron chi connectivity index (χ1n) is 5.78. The molecule has 0 aliphatic heterocycles. The summed E-state index contributed by atoms with van der Waals surface area (Å²) in [6.07, 6.45) is 2.47. The summed E-state index contributed by atoms with van der Waals surface area (Å²) in [5.74, 6) is -1.61. The summed E-state index contributed by atoms with van der Waals surface area (Å²) in [5, 5.41) is 17.6. The molecule has 0 bridgehead atoms. The maximum absolute atomic E-state index is 12.1. The van der Waals surface area contributed by atoms with E-state index in [1.165, 1.54) is 11.2 Å². The Kier molecular flexibility index (Phi) is 5.31. The summed E-state index contributed by atoms with van der Waals surface area (Å²) >= 11 is 0. The molecule has 0 radical (unpaired) electrons. The van der Waals surface area contributed by atoms with E-state index in [1.54, 1.807) is 0 Å². The van der Waals surface area contributed by atoms with Gasteiger partial charge in [0.2, 0.25) is 0 Å². The Morgan fingerprint density at radius 3 is 2.72 bits per heavy atom. The number of carbonyl (C=O) groups excluding carboxylic acids is 1. The van der Waals surface area contributed by atoms with Gasteiger partial charge in [-0.05, 0) is 19.8 Å². The van der Waals surface area contributed by atoms with E-state index in [1.807, 2.05) is 6.92 Å². The van der Waals surface area contributed by atoms with Gasteiger partial charge in [0.25, 0.3) is 5.91 Å². The molecule has 0 saturated carbocycles. The van der Waals surface area contributed by atoms with Crippen LogP contribution in [-0.4, -0.2) is 56.7 Å². The number of aromatic nitrogens is 2. The lowest BCUT2D eigenvalue weighted by atomic mass is 10.2. The van der Waals surface area contributed by atoms with Crippen LogP contribution in [-0.2, 0) is 0 Å². The van der Waals surface area contributed by atoms with E-state index in [0.29, 0.717) is 25.9 Å². The number of hydrogen-bond acceptors (Lipinski definition) is 4. The zero-order chi connectivity index (χ0) is 13.5. The number of aliphatic hydroxyl groups is 1. The number of H-pyrrole nitrogens is 1. The van der Waals surface area contributed by atoms with Crippen LogP contribution in [0, 0.1) is 0 Å². The highest BCUT2D eigenvalue weighted by atomic mass is 16.4. The zero-order valence-corrected chi connectivity index (χ0v) is 10.2. The monoisotopic (exact) mass is 255 g/mol. The van der Waals surface area contributed by atoms with Gasteiger partial charge in [0.1, 0.15) is 0 Å². The number of hydrogen-bond donors (Lipinski definition) is 3. The normalized spacial score (nSPS) is 10.3. The number of carboxylic acid groups (broad SMARTS) is 1. The van der Waals surface area contributed by atoms with Crippen LogP contribution in [0.25, 0.3) is 0 Å². The van der Waals surface area contributed by atoms with Gasteiger partial charge in [-0.2, -0.15) is 0 Å². The van der Waals surface area contributed by atoms with Crippen molar-refractivity contribution in [1.82, 2.24) is 14.9 Å². The molecule has 0 unspecified atom stereocenters. The largest absolute Gasteiger partial charge is 0.477 e. The Morgan fingerprint density at radius 1 is 1.44 bits per heavy atom. The van der Waals surface area contributed by atoms with Crippen molar-refractivity contribution in [3.05, 3.63) is 17.7 Å². The smallest absolute Gasteiger partial charge is 0.354 e. The average molecular weight is 255 g/mol. The lowest BCUT2D eigenvalue weighted by Crippen LogP contribution is -2.33. The van der Waals surface area contributed by atoms with Crippen molar-refractivity contribution < 1.29 is 19.8 Å². The minimum Gasteiger partial charge on any atom is -0.477 e. The number of rotatable bonds is 7. The summed E-state index contributed by atoms with van der Waals surface area (Å²) in [6, 6.07) is 0. The number of nitrogens with zero attached hydrogens (tertiary/aromatic N) is 2. The Balaban J connectivity index is 2.76. The van der Waals surface area contributed by atoms with Crippen molar-refractivity contribution in [3.8, 4) is 0 Å². The molecule has 1 aromatic heterocycles. The third-order valence-electron chi connectivity index (χ3n) is 2.56. The first-order valence-corrected chi connectivity index (χ1v) is 5.78. The van der Waals surface area contributed by atoms with Gasteiger partial charge in [0.05, 0.1) is 6.33 Å². The molecule has 0 atom stereocenters. The minimum atomic E-state index is -1.21. The van der Waals surface area contributed by atoms with E-state index >= 15 is 0 Å². The lowest BCUT2D eigenvalue weighted by Gasteiger charge is -2.19. The van der Waals surface area contributed by atoms with Crippen LogP contribution in [0.4, 0.5) is 0 Å². The molecule has 1 rings (SSSR count). The number of aromatic amines is 1. The highest BCUT2D eigenvalue weighted by molar-refractivity contribution is 6.02. The van der Waals surface area contributed by atoms with Gasteiger partial charge < -0.3 is 20.1 Å². The van der Waals surface area contributed by atoms with Crippen LogP contribution in [0.15, 0.2) is 6.33 Å². The van der Waals surface area contributed by atoms with Gasteiger partial charge in [-0.1, -0.05) is 0 Å². The predicted molar refractivity (Wildman–Crippen MR) is 63.4 cm³/mol. The second kappa shape index (κ2) is 6.75. The first-order chi connectivity index (χ1) is 8.61. The summed E-state index contributed by atoms with van der Waals surface area (Å²) in [6.45, 7) is 2.83. The molecule has 100 valence electrons. The molecule has 1 amide bonds. The Labute approximate surface area is 104 Å². The fourth-order valence-electron chi connectivity index (χ4n) is 1.59. The predicted octanol–water partition coefficient (Wildman–Crippen LogP) is 0.343. The molecule has 7 nitrogen and oxygen atoms in total. The number of nitrogens with one attached hydrogen (secondary N) is 1. The SMILES string of the molecule is CCN(CCCCO)C(=O)c1nc[nH]c1C(=O)O. The number of aliphatic hydroxyl groups excluding tert-OH is 1. The topological polar surface area (TPSA) is 107 Å². The van der Waals surface area contributed by atoms with Gasteiger partial charge in [-0.3, -0.25) is 4.79 Å². The molecule has 0 aliphatic carbocycles. The van der Waals surface area contributed by atoms with Gasteiger partial charge in [-0.15, -0.1) is 0 Å². The molecule has 1 aromatic rings. The standard InChI is InChI=1S/C11H17N3O4/c1-2-14(5-3-4-6-15)10(16)8-9(11(17)18)13-7-12-8/h7,15H,2-6H2,1H3,(H,12,13)(H,17,18). The third kappa shape index (κ3) is 3.30. The van der Waals surface area contributed by atoms with Crippen molar-refractivity contribution in [3.63, 3.8) is 0 Å². The fraction of sp³-hybridized carbons (Fsp3) is 0.545. The van der Waals surface area contributed by atoms with Crippen LogP contribution in [0.5, 0.6) is 0 Å². The number of carboxylic acids is 1. The number of unbranched alkanes of at least 4 members (excludes halogenated alkanes) is 1. The Hall–Kier alpha value is -1.89. The molecule has 0 aliphatic rings. The zero-order valence-electron chi connectivity index (χ0n) is 10.2. The first kappa shape index (κ1) is 14.2. The molecule has 0 aromatic carbocycles. The highest BCUT2D eigenvalue weighted by Crippen LogP contribution is 2.08. The van der Waals surface area contributed by atoms with Crippen LogP contribution in [0.1, 0.15) is 40.7 Å². The summed E-state index contributed by atoms with van der Waals surface area (Å²) in [5.41, 5.74) is -0.269. The number of imidazole rings is 1. The van der Waals surface area contributed by atoms with Gasteiger partial charge in [-0.25, -0.2) is 9.78 Å². The molecule has 0 saturated heterocycles. The Morgan fingerprint density at radius 2 is 2.17 bits per heavy atom. The van der Waals surface area contributed by atoms with Crippen LogP contribution in [0.3, 0.4) is 0 Å².